The summed E-state index contributed by atoms with van der Waals surface area (Å²) < 4.78 is 10.8. The second-order valence-electron chi connectivity index (χ2n) is 6.14. The predicted molar refractivity (Wildman–Crippen MR) is 126 cm³/mol. The fraction of sp³-hybridized carbons (Fsp3) is 0.650. The number of anilines is 1. The lowest BCUT2D eigenvalue weighted by molar-refractivity contribution is 0.172. The monoisotopic (exact) mass is 492 g/mol. The van der Waals surface area contributed by atoms with E-state index in [9.17, 15) is 0 Å². The van der Waals surface area contributed by atoms with Crippen LogP contribution in [0.5, 0.6) is 5.75 Å². The normalized spacial score (nSPS) is 12.4. The van der Waals surface area contributed by atoms with Crippen molar-refractivity contribution in [2.24, 2.45) is 4.99 Å². The molecule has 0 aliphatic heterocycles. The fourth-order valence-electron chi connectivity index (χ4n) is 2.69. The second kappa shape index (κ2) is 15.9. The van der Waals surface area contributed by atoms with Gasteiger partial charge in [0.15, 0.2) is 5.96 Å². The van der Waals surface area contributed by atoms with Crippen molar-refractivity contribution in [2.75, 3.05) is 51.8 Å². The number of hydrogen-bond donors (Lipinski definition) is 2. The summed E-state index contributed by atoms with van der Waals surface area (Å²) in [6.07, 6.45) is 0.876. The Labute approximate surface area is 182 Å². The summed E-state index contributed by atoms with van der Waals surface area (Å²) in [6, 6.07) is 8.37. The number of guanidine groups is 1. The third-order valence-electron chi connectivity index (χ3n) is 4.15. The molecule has 0 fully saturated rings. The van der Waals surface area contributed by atoms with E-state index < -0.39 is 0 Å². The van der Waals surface area contributed by atoms with Gasteiger partial charge >= 0.3 is 0 Å². The van der Waals surface area contributed by atoms with Gasteiger partial charge in [-0.1, -0.05) is 19.9 Å². The standard InChI is InChI=1S/C20H36N4O2.HI/c1-6-21-20(22-16-17(4)24(7-2)8-3)23-18-11-9-12-19(15-18)26-14-10-13-25-5;/h9,11-12,15,17H,6-8,10,13-14,16H2,1-5H3,(H2,21,22,23);1H. The van der Waals surface area contributed by atoms with Crippen LogP contribution < -0.4 is 15.4 Å². The Morgan fingerprint density at radius 2 is 1.93 bits per heavy atom. The molecule has 0 radical (unpaired) electrons. The molecule has 1 rings (SSSR count). The van der Waals surface area contributed by atoms with Gasteiger partial charge in [0.1, 0.15) is 5.75 Å². The van der Waals surface area contributed by atoms with E-state index in [1.54, 1.807) is 7.11 Å². The number of benzene rings is 1. The van der Waals surface area contributed by atoms with Crippen molar-refractivity contribution < 1.29 is 9.47 Å². The summed E-state index contributed by atoms with van der Waals surface area (Å²) in [5, 5.41) is 6.67. The number of nitrogens with zero attached hydrogens (tertiary/aromatic N) is 2. The molecule has 0 saturated carbocycles. The van der Waals surface area contributed by atoms with Crippen LogP contribution in [0.15, 0.2) is 29.3 Å². The van der Waals surface area contributed by atoms with Crippen LogP contribution in [0.4, 0.5) is 5.69 Å². The summed E-state index contributed by atoms with van der Waals surface area (Å²) in [7, 11) is 1.70. The zero-order valence-electron chi connectivity index (χ0n) is 17.5. The number of halogens is 1. The van der Waals surface area contributed by atoms with E-state index in [0.29, 0.717) is 19.3 Å². The van der Waals surface area contributed by atoms with Crippen molar-refractivity contribution in [3.05, 3.63) is 24.3 Å². The Hall–Kier alpha value is -1.06. The van der Waals surface area contributed by atoms with Gasteiger partial charge < -0.3 is 20.1 Å². The molecule has 0 aliphatic carbocycles. The largest absolute Gasteiger partial charge is 0.493 e. The molecule has 1 unspecified atom stereocenters. The van der Waals surface area contributed by atoms with Crippen LogP contribution in [-0.4, -0.2) is 63.4 Å². The van der Waals surface area contributed by atoms with Crippen molar-refractivity contribution >= 4 is 35.6 Å². The van der Waals surface area contributed by atoms with E-state index in [2.05, 4.69) is 43.2 Å². The maximum atomic E-state index is 5.76. The smallest absolute Gasteiger partial charge is 0.195 e. The minimum Gasteiger partial charge on any atom is -0.493 e. The van der Waals surface area contributed by atoms with Crippen molar-refractivity contribution in [1.82, 2.24) is 10.2 Å². The quantitative estimate of drug-likeness (QED) is 0.201. The fourth-order valence-corrected chi connectivity index (χ4v) is 2.69. The van der Waals surface area contributed by atoms with Crippen molar-refractivity contribution in [3.63, 3.8) is 0 Å². The van der Waals surface area contributed by atoms with Gasteiger partial charge in [0.2, 0.25) is 0 Å². The molecule has 0 spiro atoms. The van der Waals surface area contributed by atoms with E-state index in [4.69, 9.17) is 14.5 Å². The highest BCUT2D eigenvalue weighted by molar-refractivity contribution is 14.0. The van der Waals surface area contributed by atoms with Crippen LogP contribution >= 0.6 is 24.0 Å². The number of hydrogen-bond acceptors (Lipinski definition) is 4. The van der Waals surface area contributed by atoms with E-state index in [1.165, 1.54) is 0 Å². The molecule has 0 saturated heterocycles. The summed E-state index contributed by atoms with van der Waals surface area (Å²) in [4.78, 5) is 7.14. The Kier molecular flexibility index (Phi) is 15.3. The van der Waals surface area contributed by atoms with Crippen molar-refractivity contribution in [1.29, 1.82) is 0 Å². The lowest BCUT2D eigenvalue weighted by Crippen LogP contribution is -2.37. The molecule has 1 aromatic carbocycles. The van der Waals surface area contributed by atoms with Gasteiger partial charge in [-0.2, -0.15) is 0 Å². The molecular weight excluding hydrogens is 455 g/mol. The number of ether oxygens (including phenoxy) is 2. The molecular formula is C20H37IN4O2. The molecule has 0 amide bonds. The second-order valence-corrected chi connectivity index (χ2v) is 6.14. The van der Waals surface area contributed by atoms with Gasteiger partial charge in [0, 0.05) is 44.5 Å². The van der Waals surface area contributed by atoms with Crippen molar-refractivity contribution in [3.8, 4) is 5.75 Å². The molecule has 2 N–H and O–H groups in total. The van der Waals surface area contributed by atoms with Gasteiger partial charge in [-0.15, -0.1) is 24.0 Å². The molecule has 27 heavy (non-hydrogen) atoms. The van der Waals surface area contributed by atoms with Gasteiger partial charge in [0.25, 0.3) is 0 Å². The molecule has 0 heterocycles. The molecule has 0 aliphatic rings. The minimum atomic E-state index is 0. The number of rotatable bonds is 12. The number of nitrogens with one attached hydrogen (secondary N) is 2. The summed E-state index contributed by atoms with van der Waals surface area (Å²) in [5.74, 6) is 1.64. The molecule has 156 valence electrons. The third-order valence-corrected chi connectivity index (χ3v) is 4.15. The highest BCUT2D eigenvalue weighted by Crippen LogP contribution is 2.17. The van der Waals surface area contributed by atoms with Gasteiger partial charge in [-0.3, -0.25) is 9.89 Å². The van der Waals surface area contributed by atoms with E-state index in [-0.39, 0.29) is 24.0 Å². The number of methoxy groups -OCH3 is 1. The first kappa shape index (κ1) is 25.9. The average Bonchev–Trinajstić information content (AvgIpc) is 2.65. The van der Waals surface area contributed by atoms with E-state index >= 15 is 0 Å². The van der Waals surface area contributed by atoms with Gasteiger partial charge in [-0.25, -0.2) is 0 Å². The molecule has 1 aromatic rings. The van der Waals surface area contributed by atoms with Crippen LogP contribution in [0.25, 0.3) is 0 Å². The molecule has 0 aromatic heterocycles. The SMILES string of the molecule is CCNC(=NCC(C)N(CC)CC)Nc1cccc(OCCCOC)c1.I. The first-order valence-electron chi connectivity index (χ1n) is 9.65. The van der Waals surface area contributed by atoms with Crippen LogP contribution in [0.2, 0.25) is 0 Å². The maximum Gasteiger partial charge on any atom is 0.195 e. The molecule has 7 heteroatoms. The first-order valence-corrected chi connectivity index (χ1v) is 9.65. The Morgan fingerprint density at radius 1 is 1.19 bits per heavy atom. The Balaban J connectivity index is 0.00000676. The minimum absolute atomic E-state index is 0. The predicted octanol–water partition coefficient (Wildman–Crippen LogP) is 3.83. The Morgan fingerprint density at radius 3 is 2.56 bits per heavy atom. The van der Waals surface area contributed by atoms with E-state index in [0.717, 1.165) is 50.0 Å². The third kappa shape index (κ3) is 10.8. The van der Waals surface area contributed by atoms with E-state index in [1.807, 2.05) is 24.3 Å². The van der Waals surface area contributed by atoms with Gasteiger partial charge in [-0.05, 0) is 39.1 Å². The zero-order chi connectivity index (χ0) is 19.2. The summed E-state index contributed by atoms with van der Waals surface area (Å²) >= 11 is 0. The lowest BCUT2D eigenvalue weighted by atomic mass is 10.3. The Bertz CT molecular complexity index is 524. The highest BCUT2D eigenvalue weighted by atomic mass is 127. The molecule has 1 atom stereocenters. The van der Waals surface area contributed by atoms with Crippen LogP contribution in [-0.2, 0) is 4.74 Å². The lowest BCUT2D eigenvalue weighted by Gasteiger charge is -2.25. The molecule has 0 bridgehead atoms. The average molecular weight is 492 g/mol. The van der Waals surface area contributed by atoms with Gasteiger partial charge in [0.05, 0.1) is 13.2 Å². The molecule has 6 nitrogen and oxygen atoms in total. The zero-order valence-corrected chi connectivity index (χ0v) is 19.8. The number of aliphatic imine (C=N–C) groups is 1. The van der Waals surface area contributed by atoms with Crippen molar-refractivity contribution in [2.45, 2.75) is 40.2 Å². The van der Waals surface area contributed by atoms with Crippen LogP contribution in [0.3, 0.4) is 0 Å². The topological polar surface area (TPSA) is 58.1 Å². The summed E-state index contributed by atoms with van der Waals surface area (Å²) in [5.41, 5.74) is 0.962. The number of likely N-dealkylation sites (N-methyl/N-ethyl adjacent to an activating group) is 1. The highest BCUT2D eigenvalue weighted by Gasteiger charge is 2.09. The summed E-state index contributed by atoms with van der Waals surface area (Å²) in [6.45, 7) is 13.7. The van der Waals surface area contributed by atoms with Crippen LogP contribution in [0, 0.1) is 0 Å². The van der Waals surface area contributed by atoms with Crippen LogP contribution in [0.1, 0.15) is 34.1 Å². The first-order chi connectivity index (χ1) is 12.6. The maximum absolute atomic E-state index is 5.76.